The summed E-state index contributed by atoms with van der Waals surface area (Å²) in [5.74, 6) is -1.61. The number of halogens is 3. The van der Waals surface area contributed by atoms with Crippen LogP contribution in [0.2, 0.25) is 0 Å². The van der Waals surface area contributed by atoms with Gasteiger partial charge in [0, 0.05) is 16.4 Å². The number of rotatable bonds is 12. The molecule has 2 aromatic rings. The lowest BCUT2D eigenvalue weighted by Crippen LogP contribution is -2.18. The number of carboxylic acid groups (broad SMARTS) is 1. The third-order valence-corrected chi connectivity index (χ3v) is 9.62. The van der Waals surface area contributed by atoms with Crippen LogP contribution in [0.4, 0.5) is 14.5 Å². The number of anilines is 1. The smallest absolute Gasteiger partial charge is 0.405 e. The van der Waals surface area contributed by atoms with Crippen LogP contribution in [0.3, 0.4) is 0 Å². The molecule has 0 bridgehead atoms. The van der Waals surface area contributed by atoms with E-state index in [4.69, 9.17) is 14.2 Å². The van der Waals surface area contributed by atoms with E-state index >= 15 is 8.78 Å². The van der Waals surface area contributed by atoms with Gasteiger partial charge in [-0.15, -0.1) is 11.3 Å². The molecule has 1 aromatic heterocycles. The van der Waals surface area contributed by atoms with Crippen molar-refractivity contribution < 1.29 is 40.7 Å². The van der Waals surface area contributed by atoms with Crippen LogP contribution in [0.5, 0.6) is 0 Å². The van der Waals surface area contributed by atoms with Crippen LogP contribution >= 0.6 is 34.9 Å². The van der Waals surface area contributed by atoms with Gasteiger partial charge in [-0.25, -0.2) is 18.4 Å². The number of carbonyl (C=O) groups is 1. The van der Waals surface area contributed by atoms with E-state index in [2.05, 4.69) is 21.2 Å². The summed E-state index contributed by atoms with van der Waals surface area (Å²) in [6, 6.07) is 2.46. The van der Waals surface area contributed by atoms with Crippen molar-refractivity contribution in [1.82, 2.24) is 0 Å². The van der Waals surface area contributed by atoms with E-state index in [0.717, 1.165) is 0 Å². The molecule has 4 N–H and O–H groups in total. The molecule has 1 aromatic carbocycles. The molecule has 0 fully saturated rings. The van der Waals surface area contributed by atoms with Crippen LogP contribution in [0.15, 0.2) is 16.6 Å². The summed E-state index contributed by atoms with van der Waals surface area (Å²) in [5.41, 5.74) is -4.00. The van der Waals surface area contributed by atoms with Crippen molar-refractivity contribution in [1.29, 1.82) is 0 Å². The van der Waals surface area contributed by atoms with Gasteiger partial charge in [-0.05, 0) is 48.3 Å². The number of nitrogens with one attached hydrogen (secondary N) is 1. The largest absolute Gasteiger partial charge is 0.478 e. The topological polar surface area (TPSA) is 145 Å². The summed E-state index contributed by atoms with van der Waals surface area (Å²) in [7, 11) is -8.58. The first-order valence-corrected chi connectivity index (χ1v) is 14.1. The Balaban J connectivity index is 2.59. The van der Waals surface area contributed by atoms with E-state index in [1.165, 1.54) is 26.0 Å². The second-order valence-corrected chi connectivity index (χ2v) is 12.1. The number of hydrogen-bond donors (Lipinski definition) is 3. The first-order valence-electron chi connectivity index (χ1n) is 9.28. The van der Waals surface area contributed by atoms with Crippen LogP contribution in [0.1, 0.15) is 35.5 Å². The Morgan fingerprint density at radius 2 is 1.91 bits per heavy atom. The number of alkyl halides is 2. The number of carboxylic acids is 1. The van der Waals surface area contributed by atoms with Gasteiger partial charge in [0.1, 0.15) is 4.88 Å². The standard InChI is InChI=1S/C17H22BrF2N2O7PS2/c1-3-28-30(25,29-4-2)17(19,20)15-13(18)11-8-10(16(23)24)9-12(14(11)31-15)22-6-5-7-32(21,26)27/h8-9,22H,3-7H2,1-2H3,(H,23,24)(H2,21,26,27). The van der Waals surface area contributed by atoms with Gasteiger partial charge in [0.15, 0.2) is 0 Å². The molecule has 0 aliphatic heterocycles. The third kappa shape index (κ3) is 5.85. The first-order chi connectivity index (χ1) is 14.8. The highest BCUT2D eigenvalue weighted by Crippen LogP contribution is 2.69. The molecule has 0 aliphatic carbocycles. The summed E-state index contributed by atoms with van der Waals surface area (Å²) in [6.07, 6.45) is 0.108. The molecule has 32 heavy (non-hydrogen) atoms. The molecular formula is C17H22BrF2N2O7PS2. The molecule has 0 spiro atoms. The van der Waals surface area contributed by atoms with Crippen LogP contribution < -0.4 is 10.5 Å². The minimum absolute atomic E-state index is 0.0895. The van der Waals surface area contributed by atoms with Crippen molar-refractivity contribution in [2.45, 2.75) is 25.9 Å². The molecule has 0 radical (unpaired) electrons. The third-order valence-electron chi connectivity index (χ3n) is 4.11. The maximum Gasteiger partial charge on any atom is 0.405 e. The van der Waals surface area contributed by atoms with E-state index in [9.17, 15) is 22.9 Å². The predicted molar refractivity (Wildman–Crippen MR) is 122 cm³/mol. The van der Waals surface area contributed by atoms with Gasteiger partial charge in [-0.3, -0.25) is 4.57 Å². The molecule has 0 unspecified atom stereocenters. The Kier molecular flexibility index (Phi) is 8.82. The fourth-order valence-corrected chi connectivity index (χ4v) is 7.36. The fraction of sp³-hybridized carbons (Fsp3) is 0.471. The van der Waals surface area contributed by atoms with Crippen LogP contribution in [-0.4, -0.2) is 45.0 Å². The number of sulfonamides is 1. The van der Waals surface area contributed by atoms with Gasteiger partial charge >= 0.3 is 19.2 Å². The van der Waals surface area contributed by atoms with Gasteiger partial charge in [-0.1, -0.05) is 0 Å². The molecular weight excluding hydrogens is 557 g/mol. The van der Waals surface area contributed by atoms with Gasteiger partial charge in [0.2, 0.25) is 10.0 Å². The Morgan fingerprint density at radius 3 is 2.41 bits per heavy atom. The monoisotopic (exact) mass is 578 g/mol. The van der Waals surface area contributed by atoms with Crippen molar-refractivity contribution in [3.63, 3.8) is 0 Å². The quantitative estimate of drug-likeness (QED) is 0.241. The first kappa shape index (κ1) is 27.1. The van der Waals surface area contributed by atoms with Gasteiger partial charge in [-0.2, -0.15) is 8.78 Å². The van der Waals surface area contributed by atoms with Crippen LogP contribution in [0.25, 0.3) is 10.1 Å². The van der Waals surface area contributed by atoms with E-state index in [0.29, 0.717) is 11.3 Å². The van der Waals surface area contributed by atoms with Gasteiger partial charge in [0.05, 0.1) is 34.9 Å². The number of primary sulfonamides is 1. The number of hydrogen-bond acceptors (Lipinski definition) is 8. The predicted octanol–water partition coefficient (Wildman–Crippen LogP) is 4.77. The zero-order chi connectivity index (χ0) is 24.3. The lowest BCUT2D eigenvalue weighted by molar-refractivity contribution is 0.0387. The Bertz CT molecular complexity index is 1150. The molecule has 1 heterocycles. The highest BCUT2D eigenvalue weighted by atomic mass is 79.9. The van der Waals surface area contributed by atoms with E-state index in [1.807, 2.05) is 0 Å². The maximum absolute atomic E-state index is 15.4. The van der Waals surface area contributed by atoms with E-state index in [-0.39, 0.29) is 57.7 Å². The second kappa shape index (κ2) is 10.4. The molecule has 15 heteroatoms. The lowest BCUT2D eigenvalue weighted by Gasteiger charge is -2.25. The van der Waals surface area contributed by atoms with Crippen molar-refractivity contribution in [3.8, 4) is 0 Å². The Hall–Kier alpha value is -1.15. The number of benzene rings is 1. The summed E-state index contributed by atoms with van der Waals surface area (Å²) in [5, 5.41) is 17.4. The number of fused-ring (bicyclic) bond motifs is 1. The average molecular weight is 579 g/mol. The number of thiophene rings is 1. The normalized spacial score (nSPS) is 12.9. The summed E-state index contributed by atoms with van der Waals surface area (Å²) in [6.45, 7) is 2.37. The second-order valence-electron chi connectivity index (χ2n) is 6.47. The number of aromatic carboxylic acids is 1. The summed E-state index contributed by atoms with van der Waals surface area (Å²) < 4.78 is 75.5. The van der Waals surface area contributed by atoms with Gasteiger partial charge in [0.25, 0.3) is 0 Å². The maximum atomic E-state index is 15.4. The minimum Gasteiger partial charge on any atom is -0.478 e. The molecule has 2 rings (SSSR count). The van der Waals surface area contributed by atoms with Crippen LogP contribution in [0, 0.1) is 0 Å². The van der Waals surface area contributed by atoms with Crippen molar-refractivity contribution >= 4 is 66.6 Å². The van der Waals surface area contributed by atoms with E-state index in [1.54, 1.807) is 0 Å². The zero-order valence-corrected chi connectivity index (χ0v) is 21.2. The highest BCUT2D eigenvalue weighted by Gasteiger charge is 2.57. The molecule has 0 aliphatic rings. The molecule has 0 saturated carbocycles. The molecule has 0 saturated heterocycles. The van der Waals surface area contributed by atoms with Crippen molar-refractivity contribution in [2.75, 3.05) is 30.8 Å². The highest BCUT2D eigenvalue weighted by molar-refractivity contribution is 9.10. The van der Waals surface area contributed by atoms with Crippen molar-refractivity contribution in [3.05, 3.63) is 27.0 Å². The molecule has 0 amide bonds. The Labute approximate surface area is 196 Å². The SMILES string of the molecule is CCOP(=O)(OCC)C(F)(F)c1sc2c(NCCCS(N)(=O)=O)cc(C(=O)O)cc2c1Br. The Morgan fingerprint density at radius 1 is 1.31 bits per heavy atom. The average Bonchev–Trinajstić information content (AvgIpc) is 3.02. The summed E-state index contributed by atoms with van der Waals surface area (Å²) in [4.78, 5) is 10.9. The van der Waals surface area contributed by atoms with Gasteiger partial charge < -0.3 is 19.5 Å². The minimum atomic E-state index is -4.89. The molecule has 0 atom stereocenters. The zero-order valence-electron chi connectivity index (χ0n) is 17.1. The van der Waals surface area contributed by atoms with Crippen LogP contribution in [-0.2, 0) is 29.3 Å². The van der Waals surface area contributed by atoms with Crippen molar-refractivity contribution in [2.24, 2.45) is 5.14 Å². The molecule has 9 nitrogen and oxygen atoms in total. The molecule has 180 valence electrons. The lowest BCUT2D eigenvalue weighted by atomic mass is 10.1. The number of nitrogens with two attached hydrogens (primary N) is 1. The van der Waals surface area contributed by atoms with E-state index < -0.39 is 34.1 Å². The summed E-state index contributed by atoms with van der Waals surface area (Å²) >= 11 is 3.68. The fourth-order valence-electron chi connectivity index (χ4n) is 2.78.